The van der Waals surface area contributed by atoms with Crippen molar-refractivity contribution in [1.82, 2.24) is 5.32 Å². The largest absolute Gasteiger partial charge is 0.455 e. The van der Waals surface area contributed by atoms with E-state index < -0.39 is 18.5 Å². The van der Waals surface area contributed by atoms with Crippen molar-refractivity contribution in [3.63, 3.8) is 0 Å². The van der Waals surface area contributed by atoms with Crippen molar-refractivity contribution >= 4 is 35.2 Å². The molecule has 2 aromatic rings. The Hall–Kier alpha value is -2.80. The lowest BCUT2D eigenvalue weighted by atomic mass is 10.1. The Morgan fingerprint density at radius 3 is 2.54 bits per heavy atom. The number of rotatable bonds is 8. The molecule has 0 bridgehead atoms. The van der Waals surface area contributed by atoms with Gasteiger partial charge < -0.3 is 15.4 Å². The van der Waals surface area contributed by atoms with Crippen LogP contribution in [0.2, 0.25) is 0 Å². The molecule has 0 saturated heterocycles. The Bertz CT molecular complexity index is 880. The number of aryl methyl sites for hydroxylation is 1. The van der Waals surface area contributed by atoms with Gasteiger partial charge in [0.15, 0.2) is 6.61 Å². The number of carbonyl (C=O) groups excluding carboxylic acids is 3. The molecule has 3 rings (SSSR count). The summed E-state index contributed by atoms with van der Waals surface area (Å²) >= 11 is 1.37. The van der Waals surface area contributed by atoms with Crippen LogP contribution in [0.1, 0.15) is 28.8 Å². The van der Waals surface area contributed by atoms with E-state index in [-0.39, 0.29) is 17.7 Å². The van der Waals surface area contributed by atoms with Crippen molar-refractivity contribution in [3.05, 3.63) is 59.7 Å². The van der Waals surface area contributed by atoms with Crippen LogP contribution in [0.3, 0.4) is 0 Å². The first-order valence-electron chi connectivity index (χ1n) is 9.06. The van der Waals surface area contributed by atoms with Gasteiger partial charge in [0.2, 0.25) is 0 Å². The minimum Gasteiger partial charge on any atom is -0.455 e. The zero-order valence-electron chi connectivity index (χ0n) is 15.6. The maximum atomic E-state index is 12.3. The number of hydrogen-bond donors (Lipinski definition) is 2. The molecule has 1 saturated carbocycles. The number of hydrogen-bond acceptors (Lipinski definition) is 5. The van der Waals surface area contributed by atoms with Crippen LogP contribution < -0.4 is 10.6 Å². The number of ether oxygens (including phenoxy) is 1. The quantitative estimate of drug-likeness (QED) is 0.527. The monoisotopic (exact) mass is 398 g/mol. The van der Waals surface area contributed by atoms with Crippen LogP contribution >= 0.6 is 11.8 Å². The lowest BCUT2D eigenvalue weighted by molar-refractivity contribution is -0.144. The van der Waals surface area contributed by atoms with E-state index in [1.165, 1.54) is 11.8 Å². The smallest absolute Gasteiger partial charge is 0.316 e. The molecule has 7 heteroatoms. The summed E-state index contributed by atoms with van der Waals surface area (Å²) in [7, 11) is 0. The Labute approximate surface area is 168 Å². The number of amides is 2. The molecule has 2 aromatic carbocycles. The fraction of sp³-hybridized carbons (Fsp3) is 0.286. The molecule has 2 amide bonds. The topological polar surface area (TPSA) is 84.5 Å². The average Bonchev–Trinajstić information content (AvgIpc) is 3.50. The Morgan fingerprint density at radius 2 is 1.79 bits per heavy atom. The third-order valence-electron chi connectivity index (χ3n) is 4.16. The van der Waals surface area contributed by atoms with E-state index in [9.17, 15) is 14.4 Å². The van der Waals surface area contributed by atoms with Gasteiger partial charge in [-0.1, -0.05) is 30.3 Å². The average molecular weight is 398 g/mol. The zero-order valence-corrected chi connectivity index (χ0v) is 16.4. The van der Waals surface area contributed by atoms with Gasteiger partial charge in [-0.2, -0.15) is 0 Å². The maximum absolute atomic E-state index is 12.3. The van der Waals surface area contributed by atoms with E-state index >= 15 is 0 Å². The standard InChI is InChI=1S/C21H22N2O4S/c1-14-6-2-5-9-18(14)28-13-20(25)27-12-19(24)23-17-8-4-3-7-16(17)21(26)22-15-10-11-15/h2-9,15H,10-13H2,1H3,(H,22,26)(H,23,24). The van der Waals surface area contributed by atoms with Crippen LogP contribution in [-0.2, 0) is 14.3 Å². The summed E-state index contributed by atoms with van der Waals surface area (Å²) in [6.07, 6.45) is 1.97. The molecule has 1 aliphatic rings. The van der Waals surface area contributed by atoms with E-state index in [1.807, 2.05) is 31.2 Å². The summed E-state index contributed by atoms with van der Waals surface area (Å²) < 4.78 is 5.04. The van der Waals surface area contributed by atoms with Crippen LogP contribution in [0.25, 0.3) is 0 Å². The maximum Gasteiger partial charge on any atom is 0.316 e. The Morgan fingerprint density at radius 1 is 1.07 bits per heavy atom. The summed E-state index contributed by atoms with van der Waals surface area (Å²) in [6, 6.07) is 14.7. The van der Waals surface area contributed by atoms with Crippen molar-refractivity contribution in [3.8, 4) is 0 Å². The second-order valence-corrected chi connectivity index (χ2v) is 7.57. The van der Waals surface area contributed by atoms with E-state index in [1.54, 1.807) is 24.3 Å². The Balaban J connectivity index is 1.47. The van der Waals surface area contributed by atoms with Crippen LogP contribution in [0, 0.1) is 6.92 Å². The zero-order chi connectivity index (χ0) is 19.9. The lowest BCUT2D eigenvalue weighted by Gasteiger charge is -2.11. The summed E-state index contributed by atoms with van der Waals surface area (Å²) in [4.78, 5) is 37.3. The molecule has 1 aliphatic carbocycles. The molecular formula is C21H22N2O4S. The van der Waals surface area contributed by atoms with Crippen LogP contribution in [-0.4, -0.2) is 36.2 Å². The molecule has 0 radical (unpaired) electrons. The third kappa shape index (κ3) is 5.85. The minimum atomic E-state index is -0.485. The molecule has 0 aromatic heterocycles. The van der Waals surface area contributed by atoms with Crippen molar-refractivity contribution in [2.24, 2.45) is 0 Å². The van der Waals surface area contributed by atoms with E-state index in [0.717, 1.165) is 23.3 Å². The van der Waals surface area contributed by atoms with Gasteiger partial charge in [-0.25, -0.2) is 0 Å². The lowest BCUT2D eigenvalue weighted by Crippen LogP contribution is -2.28. The predicted octanol–water partition coefficient (Wildman–Crippen LogP) is 3.16. The number of esters is 1. The van der Waals surface area contributed by atoms with Crippen LogP contribution in [0.15, 0.2) is 53.4 Å². The normalized spacial score (nSPS) is 12.9. The summed E-state index contributed by atoms with van der Waals surface area (Å²) in [5.41, 5.74) is 1.87. The summed E-state index contributed by atoms with van der Waals surface area (Å²) in [5, 5.41) is 5.53. The first-order chi connectivity index (χ1) is 13.5. The van der Waals surface area contributed by atoms with Crippen molar-refractivity contribution in [2.45, 2.75) is 30.7 Å². The van der Waals surface area contributed by atoms with Gasteiger partial charge in [-0.05, 0) is 43.5 Å². The van der Waals surface area contributed by atoms with Gasteiger partial charge in [0, 0.05) is 10.9 Å². The predicted molar refractivity (Wildman–Crippen MR) is 108 cm³/mol. The highest BCUT2D eigenvalue weighted by molar-refractivity contribution is 8.00. The molecule has 2 N–H and O–H groups in total. The molecule has 1 fully saturated rings. The second-order valence-electron chi connectivity index (χ2n) is 6.56. The van der Waals surface area contributed by atoms with Gasteiger partial charge in [-0.3, -0.25) is 14.4 Å². The molecule has 0 aliphatic heterocycles. The highest BCUT2D eigenvalue weighted by Gasteiger charge is 2.25. The fourth-order valence-electron chi connectivity index (χ4n) is 2.51. The molecule has 0 unspecified atom stereocenters. The summed E-state index contributed by atoms with van der Waals surface area (Å²) in [5.74, 6) is -1.05. The number of thioether (sulfide) groups is 1. The van der Waals surface area contributed by atoms with Crippen molar-refractivity contribution in [2.75, 3.05) is 17.7 Å². The van der Waals surface area contributed by atoms with Crippen molar-refractivity contribution in [1.29, 1.82) is 0 Å². The number of carbonyl (C=O) groups is 3. The van der Waals surface area contributed by atoms with Crippen LogP contribution in [0.5, 0.6) is 0 Å². The molecule has 0 heterocycles. The highest BCUT2D eigenvalue weighted by Crippen LogP contribution is 2.22. The van der Waals surface area contributed by atoms with E-state index in [0.29, 0.717) is 11.3 Å². The SMILES string of the molecule is Cc1ccccc1SCC(=O)OCC(=O)Nc1ccccc1C(=O)NC1CC1. The third-order valence-corrected chi connectivity index (χ3v) is 5.31. The van der Waals surface area contributed by atoms with Crippen molar-refractivity contribution < 1.29 is 19.1 Å². The van der Waals surface area contributed by atoms with Gasteiger partial charge in [0.05, 0.1) is 17.0 Å². The molecule has 28 heavy (non-hydrogen) atoms. The number of anilines is 1. The molecular weight excluding hydrogens is 376 g/mol. The van der Waals surface area contributed by atoms with Gasteiger partial charge >= 0.3 is 5.97 Å². The van der Waals surface area contributed by atoms with Crippen LogP contribution in [0.4, 0.5) is 5.69 Å². The van der Waals surface area contributed by atoms with Gasteiger partial charge in [0.1, 0.15) is 0 Å². The first-order valence-corrected chi connectivity index (χ1v) is 10.1. The van der Waals surface area contributed by atoms with E-state index in [4.69, 9.17) is 4.74 Å². The minimum absolute atomic E-state index is 0.124. The first kappa shape index (κ1) is 19.9. The molecule has 146 valence electrons. The van der Waals surface area contributed by atoms with Gasteiger partial charge in [0.25, 0.3) is 11.8 Å². The second kappa shape index (κ2) is 9.41. The molecule has 0 spiro atoms. The molecule has 6 nitrogen and oxygen atoms in total. The number of para-hydroxylation sites is 1. The highest BCUT2D eigenvalue weighted by atomic mass is 32.2. The number of benzene rings is 2. The van der Waals surface area contributed by atoms with E-state index in [2.05, 4.69) is 10.6 Å². The Kier molecular flexibility index (Phi) is 6.71. The fourth-order valence-corrected chi connectivity index (χ4v) is 3.34. The summed E-state index contributed by atoms with van der Waals surface area (Å²) in [6.45, 7) is 1.57. The van der Waals surface area contributed by atoms with Gasteiger partial charge in [-0.15, -0.1) is 11.8 Å². The number of nitrogens with one attached hydrogen (secondary N) is 2. The molecule has 0 atom stereocenters.